The number of hydrogen-bond donors (Lipinski definition) is 0. The van der Waals surface area contributed by atoms with Crippen LogP contribution < -0.4 is 0 Å². The maximum absolute atomic E-state index is 4.45. The van der Waals surface area contributed by atoms with E-state index >= 15 is 0 Å². The van der Waals surface area contributed by atoms with Crippen LogP contribution in [0.4, 0.5) is 0 Å². The van der Waals surface area contributed by atoms with E-state index in [0.29, 0.717) is 0 Å². The summed E-state index contributed by atoms with van der Waals surface area (Å²) in [6, 6.07) is 20.5. The summed E-state index contributed by atoms with van der Waals surface area (Å²) >= 11 is 0. The van der Waals surface area contributed by atoms with Gasteiger partial charge in [-0.3, -0.25) is 0 Å². The van der Waals surface area contributed by atoms with Crippen LogP contribution in [0.25, 0.3) is 28.1 Å². The lowest BCUT2D eigenvalue weighted by molar-refractivity contribution is 0.881. The quantitative estimate of drug-likeness (QED) is 0.574. The Morgan fingerprint density at radius 3 is 2.48 bits per heavy atom. The van der Waals surface area contributed by atoms with Crippen LogP contribution in [0.15, 0.2) is 85.6 Å². The maximum atomic E-state index is 4.45. The van der Waals surface area contributed by atoms with Gasteiger partial charge < -0.3 is 0 Å². The minimum absolute atomic E-state index is 0.866. The fourth-order valence-electron chi connectivity index (χ4n) is 2.52. The van der Waals surface area contributed by atoms with Crippen LogP contribution in [0.2, 0.25) is 0 Å². The van der Waals surface area contributed by atoms with Gasteiger partial charge in [-0.2, -0.15) is 5.10 Å². The normalized spacial score (nSPS) is 10.6. The van der Waals surface area contributed by atoms with Crippen LogP contribution in [0.3, 0.4) is 0 Å². The van der Waals surface area contributed by atoms with Crippen molar-refractivity contribution in [2.45, 2.75) is 0 Å². The average molecular weight is 298 g/mol. The Labute approximate surface area is 134 Å². The SMILES string of the molecule is c1ccc(-c2cccc(-n3cc(-c4ccncn4)cn3)c2)cc1. The van der Waals surface area contributed by atoms with Crippen molar-refractivity contribution in [2.24, 2.45) is 0 Å². The summed E-state index contributed by atoms with van der Waals surface area (Å²) in [7, 11) is 0. The number of nitrogens with zero attached hydrogens (tertiary/aromatic N) is 4. The van der Waals surface area contributed by atoms with Gasteiger partial charge >= 0.3 is 0 Å². The van der Waals surface area contributed by atoms with E-state index in [4.69, 9.17) is 0 Å². The molecule has 0 aliphatic rings. The van der Waals surface area contributed by atoms with Gasteiger partial charge in [0, 0.05) is 18.0 Å². The summed E-state index contributed by atoms with van der Waals surface area (Å²) < 4.78 is 1.86. The van der Waals surface area contributed by atoms with Crippen molar-refractivity contribution in [1.29, 1.82) is 0 Å². The zero-order valence-corrected chi connectivity index (χ0v) is 12.4. The molecule has 4 aromatic rings. The van der Waals surface area contributed by atoms with Crippen LogP contribution in [0.5, 0.6) is 0 Å². The maximum Gasteiger partial charge on any atom is 0.116 e. The third-order valence-corrected chi connectivity index (χ3v) is 3.68. The van der Waals surface area contributed by atoms with Crippen LogP contribution in [0.1, 0.15) is 0 Å². The molecule has 4 rings (SSSR count). The summed E-state index contributed by atoms with van der Waals surface area (Å²) in [5, 5.41) is 4.45. The topological polar surface area (TPSA) is 43.6 Å². The van der Waals surface area contributed by atoms with E-state index in [1.807, 2.05) is 53.5 Å². The van der Waals surface area contributed by atoms with Crippen molar-refractivity contribution < 1.29 is 0 Å². The van der Waals surface area contributed by atoms with E-state index in [1.165, 1.54) is 11.1 Å². The summed E-state index contributed by atoms with van der Waals surface area (Å²) in [5.74, 6) is 0. The van der Waals surface area contributed by atoms with E-state index in [1.54, 1.807) is 12.5 Å². The van der Waals surface area contributed by atoms with Gasteiger partial charge in [0.15, 0.2) is 0 Å². The number of benzene rings is 2. The molecule has 0 saturated carbocycles. The first kappa shape index (κ1) is 13.4. The van der Waals surface area contributed by atoms with Crippen molar-refractivity contribution in [1.82, 2.24) is 19.7 Å². The molecule has 2 heterocycles. The first-order valence-electron chi connectivity index (χ1n) is 7.37. The lowest BCUT2D eigenvalue weighted by Crippen LogP contribution is -1.94. The van der Waals surface area contributed by atoms with Crippen molar-refractivity contribution in [3.05, 3.63) is 85.6 Å². The highest BCUT2D eigenvalue weighted by molar-refractivity contribution is 5.66. The number of aromatic nitrogens is 4. The highest BCUT2D eigenvalue weighted by Gasteiger charge is 2.05. The lowest BCUT2D eigenvalue weighted by atomic mass is 10.1. The highest BCUT2D eigenvalue weighted by Crippen LogP contribution is 2.23. The van der Waals surface area contributed by atoms with E-state index in [0.717, 1.165) is 16.9 Å². The zero-order chi connectivity index (χ0) is 15.5. The van der Waals surface area contributed by atoms with Crippen LogP contribution in [0, 0.1) is 0 Å². The molecular formula is C19H14N4. The molecule has 23 heavy (non-hydrogen) atoms. The molecule has 2 aromatic heterocycles. The zero-order valence-electron chi connectivity index (χ0n) is 12.4. The third kappa shape index (κ3) is 2.74. The fourth-order valence-corrected chi connectivity index (χ4v) is 2.52. The Morgan fingerprint density at radius 1 is 0.783 bits per heavy atom. The molecule has 0 amide bonds. The smallest absolute Gasteiger partial charge is 0.116 e. The average Bonchev–Trinajstić information content (AvgIpc) is 3.14. The highest BCUT2D eigenvalue weighted by atomic mass is 15.3. The van der Waals surface area contributed by atoms with E-state index in [2.05, 4.69) is 39.3 Å². The summed E-state index contributed by atoms with van der Waals surface area (Å²) in [6.45, 7) is 0. The molecule has 0 saturated heterocycles. The van der Waals surface area contributed by atoms with E-state index < -0.39 is 0 Å². The largest absolute Gasteiger partial charge is 0.245 e. The van der Waals surface area contributed by atoms with Gasteiger partial charge in [-0.15, -0.1) is 0 Å². The molecular weight excluding hydrogens is 284 g/mol. The lowest BCUT2D eigenvalue weighted by Gasteiger charge is -2.05. The minimum atomic E-state index is 0.866. The minimum Gasteiger partial charge on any atom is -0.245 e. The Balaban J connectivity index is 1.71. The molecule has 0 atom stereocenters. The summed E-state index contributed by atoms with van der Waals surface area (Å²) in [6.07, 6.45) is 7.07. The molecule has 0 fully saturated rings. The fraction of sp³-hybridized carbons (Fsp3) is 0. The molecule has 2 aromatic carbocycles. The molecule has 110 valence electrons. The summed E-state index contributed by atoms with van der Waals surface area (Å²) in [4.78, 5) is 8.20. The standard InChI is InChI=1S/C19H14N4/c1-2-5-15(6-3-1)16-7-4-8-18(11-16)23-13-17(12-22-23)19-9-10-20-14-21-19/h1-14H. The van der Waals surface area contributed by atoms with Crippen LogP contribution in [-0.2, 0) is 0 Å². The van der Waals surface area contributed by atoms with Crippen LogP contribution in [-0.4, -0.2) is 19.7 Å². The summed E-state index contributed by atoms with van der Waals surface area (Å²) in [5.41, 5.74) is 5.22. The van der Waals surface area contributed by atoms with E-state index in [-0.39, 0.29) is 0 Å². The molecule has 0 aliphatic carbocycles. The van der Waals surface area contributed by atoms with Crippen molar-refractivity contribution in [3.8, 4) is 28.1 Å². The number of hydrogen-bond acceptors (Lipinski definition) is 3. The monoisotopic (exact) mass is 298 g/mol. The molecule has 0 aliphatic heterocycles. The van der Waals surface area contributed by atoms with Gasteiger partial charge in [-0.25, -0.2) is 14.6 Å². The molecule has 0 unspecified atom stereocenters. The van der Waals surface area contributed by atoms with Crippen molar-refractivity contribution >= 4 is 0 Å². The first-order valence-corrected chi connectivity index (χ1v) is 7.37. The predicted molar refractivity (Wildman–Crippen MR) is 90.0 cm³/mol. The van der Waals surface area contributed by atoms with Crippen LogP contribution >= 0.6 is 0 Å². The second-order valence-corrected chi connectivity index (χ2v) is 5.18. The molecule has 4 nitrogen and oxygen atoms in total. The van der Waals surface area contributed by atoms with Gasteiger partial charge in [0.25, 0.3) is 0 Å². The Bertz CT molecular complexity index is 914. The molecule has 0 radical (unpaired) electrons. The molecule has 0 bridgehead atoms. The Hall–Kier alpha value is -3.27. The van der Waals surface area contributed by atoms with Gasteiger partial charge in [-0.1, -0.05) is 42.5 Å². The number of rotatable bonds is 3. The van der Waals surface area contributed by atoms with Gasteiger partial charge in [0.2, 0.25) is 0 Å². The van der Waals surface area contributed by atoms with Gasteiger partial charge in [0.05, 0.1) is 17.6 Å². The second-order valence-electron chi connectivity index (χ2n) is 5.18. The van der Waals surface area contributed by atoms with Gasteiger partial charge in [0.1, 0.15) is 6.33 Å². The van der Waals surface area contributed by atoms with E-state index in [9.17, 15) is 0 Å². The van der Waals surface area contributed by atoms with Crippen molar-refractivity contribution in [2.75, 3.05) is 0 Å². The first-order chi connectivity index (χ1) is 11.4. The Kier molecular flexibility index (Phi) is 3.41. The molecule has 0 spiro atoms. The predicted octanol–water partition coefficient (Wildman–Crippen LogP) is 4.00. The van der Waals surface area contributed by atoms with Crippen molar-refractivity contribution in [3.63, 3.8) is 0 Å². The second kappa shape index (κ2) is 5.85. The Morgan fingerprint density at radius 2 is 1.65 bits per heavy atom. The molecule has 4 heteroatoms. The third-order valence-electron chi connectivity index (χ3n) is 3.68. The van der Waals surface area contributed by atoms with Gasteiger partial charge in [-0.05, 0) is 29.3 Å². The molecule has 0 N–H and O–H groups in total.